The number of carbonyl (C=O) groups is 3. The average Bonchev–Trinajstić information content (AvgIpc) is 2.52. The molecule has 0 spiro atoms. The van der Waals surface area contributed by atoms with Crippen molar-refractivity contribution < 1.29 is 19.1 Å². The first-order chi connectivity index (χ1) is 10.5. The molecule has 3 N–H and O–H groups in total. The van der Waals surface area contributed by atoms with Gasteiger partial charge in [-0.1, -0.05) is 37.3 Å². The molecule has 1 aromatic carbocycles. The SMILES string of the molecule is CCC(=O)CC[C@H](NC(=O)[C@H](OC)c1ccccc1)C(N)=O. The molecule has 0 radical (unpaired) electrons. The van der Waals surface area contributed by atoms with Crippen molar-refractivity contribution in [2.75, 3.05) is 7.11 Å². The summed E-state index contributed by atoms with van der Waals surface area (Å²) in [4.78, 5) is 35.1. The molecule has 1 rings (SSSR count). The summed E-state index contributed by atoms with van der Waals surface area (Å²) in [6, 6.07) is 8.04. The number of nitrogens with two attached hydrogens (primary N) is 1. The smallest absolute Gasteiger partial charge is 0.254 e. The molecule has 0 unspecified atom stereocenters. The normalized spacial score (nSPS) is 13.2. The van der Waals surface area contributed by atoms with Crippen LogP contribution in [0.2, 0.25) is 0 Å². The van der Waals surface area contributed by atoms with Crippen molar-refractivity contribution in [3.05, 3.63) is 35.9 Å². The molecular weight excluding hydrogens is 284 g/mol. The number of methoxy groups -OCH3 is 1. The van der Waals surface area contributed by atoms with E-state index in [4.69, 9.17) is 10.5 Å². The van der Waals surface area contributed by atoms with Crippen molar-refractivity contribution in [1.82, 2.24) is 5.32 Å². The summed E-state index contributed by atoms with van der Waals surface area (Å²) < 4.78 is 5.19. The number of Topliss-reactive ketones (excluding diaryl/α,β-unsaturated/α-hetero) is 1. The number of rotatable bonds is 9. The number of carbonyl (C=O) groups excluding carboxylic acids is 3. The Kier molecular flexibility index (Phi) is 7.25. The van der Waals surface area contributed by atoms with Crippen LogP contribution in [0.15, 0.2) is 30.3 Å². The Morgan fingerprint density at radius 1 is 1.23 bits per heavy atom. The molecule has 0 fully saturated rings. The second-order valence-electron chi connectivity index (χ2n) is 4.92. The van der Waals surface area contributed by atoms with Crippen LogP contribution in [0, 0.1) is 0 Å². The number of primary amides is 1. The van der Waals surface area contributed by atoms with E-state index >= 15 is 0 Å². The van der Waals surface area contributed by atoms with Crippen molar-refractivity contribution in [3.8, 4) is 0 Å². The van der Waals surface area contributed by atoms with Gasteiger partial charge in [-0.25, -0.2) is 0 Å². The Balaban J connectivity index is 2.73. The highest BCUT2D eigenvalue weighted by Gasteiger charge is 2.25. The number of hydrogen-bond acceptors (Lipinski definition) is 4. The molecule has 1 aromatic rings. The van der Waals surface area contributed by atoms with Crippen LogP contribution in [0.5, 0.6) is 0 Å². The number of hydrogen-bond donors (Lipinski definition) is 2. The second-order valence-corrected chi connectivity index (χ2v) is 4.92. The maximum Gasteiger partial charge on any atom is 0.254 e. The van der Waals surface area contributed by atoms with Crippen LogP contribution in [0.25, 0.3) is 0 Å². The lowest BCUT2D eigenvalue weighted by Crippen LogP contribution is -2.46. The summed E-state index contributed by atoms with van der Waals surface area (Å²) in [7, 11) is 1.41. The van der Waals surface area contributed by atoms with Gasteiger partial charge in [0.15, 0.2) is 6.10 Å². The lowest BCUT2D eigenvalue weighted by atomic mass is 10.0. The molecule has 0 heterocycles. The third-order valence-electron chi connectivity index (χ3n) is 3.34. The van der Waals surface area contributed by atoms with Gasteiger partial charge in [-0.05, 0) is 12.0 Å². The Morgan fingerprint density at radius 2 is 1.86 bits per heavy atom. The minimum absolute atomic E-state index is 0.0202. The molecule has 22 heavy (non-hydrogen) atoms. The van der Waals surface area contributed by atoms with Crippen LogP contribution >= 0.6 is 0 Å². The van der Waals surface area contributed by atoms with E-state index in [-0.39, 0.29) is 18.6 Å². The van der Waals surface area contributed by atoms with Crippen LogP contribution in [0.4, 0.5) is 0 Å². The predicted octanol–water partition coefficient (Wildman–Crippen LogP) is 1.10. The van der Waals surface area contributed by atoms with Gasteiger partial charge in [0, 0.05) is 20.0 Å². The Morgan fingerprint density at radius 3 is 2.36 bits per heavy atom. The van der Waals surface area contributed by atoms with Gasteiger partial charge in [0.2, 0.25) is 5.91 Å². The number of benzene rings is 1. The van der Waals surface area contributed by atoms with Gasteiger partial charge in [-0.3, -0.25) is 14.4 Å². The first-order valence-electron chi connectivity index (χ1n) is 7.18. The fourth-order valence-corrected chi connectivity index (χ4v) is 2.04. The zero-order chi connectivity index (χ0) is 16.5. The van der Waals surface area contributed by atoms with E-state index in [1.807, 2.05) is 6.07 Å². The zero-order valence-electron chi connectivity index (χ0n) is 12.9. The minimum atomic E-state index is -0.885. The summed E-state index contributed by atoms with van der Waals surface area (Å²) in [6.45, 7) is 1.75. The summed E-state index contributed by atoms with van der Waals surface area (Å²) in [5.74, 6) is -1.10. The predicted molar refractivity (Wildman–Crippen MR) is 81.8 cm³/mol. The molecule has 0 saturated heterocycles. The molecule has 0 saturated carbocycles. The molecule has 0 aliphatic heterocycles. The lowest BCUT2D eigenvalue weighted by Gasteiger charge is -2.20. The molecule has 0 aliphatic carbocycles. The highest BCUT2D eigenvalue weighted by atomic mass is 16.5. The zero-order valence-corrected chi connectivity index (χ0v) is 12.9. The molecule has 6 heteroatoms. The summed E-state index contributed by atoms with van der Waals surface area (Å²) in [6.07, 6.45) is -0.0406. The third kappa shape index (κ3) is 5.29. The monoisotopic (exact) mass is 306 g/mol. The van der Waals surface area contributed by atoms with Gasteiger partial charge in [-0.2, -0.15) is 0 Å². The van der Waals surface area contributed by atoms with Gasteiger partial charge < -0.3 is 15.8 Å². The van der Waals surface area contributed by atoms with Crippen molar-refractivity contribution in [2.45, 2.75) is 38.3 Å². The van der Waals surface area contributed by atoms with E-state index in [2.05, 4.69) is 5.32 Å². The Labute approximate surface area is 130 Å². The van der Waals surface area contributed by atoms with Crippen molar-refractivity contribution in [1.29, 1.82) is 0 Å². The van der Waals surface area contributed by atoms with E-state index < -0.39 is 24.0 Å². The number of ketones is 1. The third-order valence-corrected chi connectivity index (χ3v) is 3.34. The molecule has 0 bridgehead atoms. The van der Waals surface area contributed by atoms with E-state index in [0.29, 0.717) is 12.0 Å². The maximum atomic E-state index is 12.3. The Bertz CT molecular complexity index is 516. The molecule has 6 nitrogen and oxygen atoms in total. The largest absolute Gasteiger partial charge is 0.368 e. The second kappa shape index (κ2) is 8.94. The van der Waals surface area contributed by atoms with E-state index in [0.717, 1.165) is 0 Å². The van der Waals surface area contributed by atoms with Crippen LogP contribution in [-0.4, -0.2) is 30.7 Å². The molecule has 0 aromatic heterocycles. The molecule has 0 aliphatic rings. The molecule has 120 valence electrons. The topological polar surface area (TPSA) is 98.5 Å². The highest BCUT2D eigenvalue weighted by Crippen LogP contribution is 2.16. The number of amides is 2. The van der Waals surface area contributed by atoms with Gasteiger partial charge in [0.05, 0.1) is 0 Å². The maximum absolute atomic E-state index is 12.3. The van der Waals surface area contributed by atoms with Crippen molar-refractivity contribution in [3.63, 3.8) is 0 Å². The highest BCUT2D eigenvalue weighted by molar-refractivity contribution is 5.89. The average molecular weight is 306 g/mol. The van der Waals surface area contributed by atoms with Gasteiger partial charge in [0.25, 0.3) is 5.91 Å². The van der Waals surface area contributed by atoms with Crippen LogP contribution in [-0.2, 0) is 19.1 Å². The van der Waals surface area contributed by atoms with E-state index in [1.165, 1.54) is 7.11 Å². The molecule has 2 amide bonds. The fourth-order valence-electron chi connectivity index (χ4n) is 2.04. The standard InChI is InChI=1S/C16H22N2O4/c1-3-12(19)9-10-13(15(17)20)18-16(21)14(22-2)11-7-5-4-6-8-11/h4-8,13-14H,3,9-10H2,1-2H3,(H2,17,20)(H,18,21)/t13-,14+/m0/s1. The fraction of sp³-hybridized carbons (Fsp3) is 0.438. The van der Waals surface area contributed by atoms with Crippen LogP contribution < -0.4 is 11.1 Å². The van der Waals surface area contributed by atoms with Crippen LogP contribution in [0.3, 0.4) is 0 Å². The van der Waals surface area contributed by atoms with Gasteiger partial charge in [-0.15, -0.1) is 0 Å². The first kappa shape index (κ1) is 17.8. The van der Waals surface area contributed by atoms with E-state index in [1.54, 1.807) is 31.2 Å². The quantitative estimate of drug-likeness (QED) is 0.713. The lowest BCUT2D eigenvalue weighted by molar-refractivity contribution is -0.135. The van der Waals surface area contributed by atoms with E-state index in [9.17, 15) is 14.4 Å². The first-order valence-corrected chi connectivity index (χ1v) is 7.18. The number of ether oxygens (including phenoxy) is 1. The Hall–Kier alpha value is -2.21. The molecular formula is C16H22N2O4. The van der Waals surface area contributed by atoms with Crippen molar-refractivity contribution in [2.24, 2.45) is 5.73 Å². The van der Waals surface area contributed by atoms with Gasteiger partial charge >= 0.3 is 0 Å². The summed E-state index contributed by atoms with van der Waals surface area (Å²) >= 11 is 0. The summed E-state index contributed by atoms with van der Waals surface area (Å²) in [5, 5.41) is 2.55. The van der Waals surface area contributed by atoms with Gasteiger partial charge in [0.1, 0.15) is 11.8 Å². The minimum Gasteiger partial charge on any atom is -0.368 e. The summed E-state index contributed by atoms with van der Waals surface area (Å²) in [5.41, 5.74) is 5.96. The van der Waals surface area contributed by atoms with Crippen LogP contribution in [0.1, 0.15) is 37.9 Å². The molecule has 2 atom stereocenters. The van der Waals surface area contributed by atoms with Crippen molar-refractivity contribution >= 4 is 17.6 Å². The number of nitrogens with one attached hydrogen (secondary N) is 1.